The highest BCUT2D eigenvalue weighted by molar-refractivity contribution is 9.10. The molecule has 0 atom stereocenters. The minimum atomic E-state index is -0.344. The zero-order valence-electron chi connectivity index (χ0n) is 17.7. The maximum Gasteiger partial charge on any atom is 0.325 e. The number of esters is 2. The minimum Gasteiger partial charge on any atom is -0.465 e. The largest absolute Gasteiger partial charge is 0.465 e. The van der Waals surface area contributed by atoms with Gasteiger partial charge in [-0.2, -0.15) is 0 Å². The summed E-state index contributed by atoms with van der Waals surface area (Å²) < 4.78 is 13.2. The van der Waals surface area contributed by atoms with Crippen molar-refractivity contribution in [3.05, 3.63) is 47.1 Å². The highest BCUT2D eigenvalue weighted by Gasteiger charge is 2.16. The molecule has 8 heteroatoms. The first-order valence-electron chi connectivity index (χ1n) is 10.4. The zero-order chi connectivity index (χ0) is 22.2. The van der Waals surface area contributed by atoms with Gasteiger partial charge in [0.2, 0.25) is 0 Å². The van der Waals surface area contributed by atoms with Crippen LogP contribution in [0.4, 0.5) is 5.82 Å². The van der Waals surface area contributed by atoms with E-state index >= 15 is 0 Å². The van der Waals surface area contributed by atoms with Crippen molar-refractivity contribution in [2.45, 2.75) is 39.5 Å². The highest BCUT2D eigenvalue weighted by Crippen LogP contribution is 2.31. The Morgan fingerprint density at radius 2 is 1.84 bits per heavy atom. The van der Waals surface area contributed by atoms with E-state index < -0.39 is 0 Å². The Morgan fingerprint density at radius 3 is 2.55 bits per heavy atom. The lowest BCUT2D eigenvalue weighted by Gasteiger charge is -2.09. The molecule has 164 valence electrons. The molecule has 0 aliphatic rings. The summed E-state index contributed by atoms with van der Waals surface area (Å²) in [7, 11) is 0. The van der Waals surface area contributed by atoms with Crippen LogP contribution in [0.1, 0.15) is 39.5 Å². The number of rotatable bonds is 10. The molecule has 0 aliphatic heterocycles. The average molecular weight is 488 g/mol. The Hall–Kier alpha value is -2.87. The van der Waals surface area contributed by atoms with Crippen LogP contribution in [0.25, 0.3) is 16.9 Å². The normalized spacial score (nSPS) is 10.8. The van der Waals surface area contributed by atoms with Crippen molar-refractivity contribution in [3.8, 4) is 17.0 Å². The van der Waals surface area contributed by atoms with Crippen molar-refractivity contribution in [2.75, 3.05) is 18.5 Å². The molecule has 0 saturated heterocycles. The van der Waals surface area contributed by atoms with Crippen LogP contribution >= 0.6 is 15.9 Å². The van der Waals surface area contributed by atoms with E-state index in [1.165, 1.54) is 0 Å². The fraction of sp³-hybridized carbons (Fsp3) is 0.348. The number of benzene rings is 1. The van der Waals surface area contributed by atoms with E-state index in [0.717, 1.165) is 34.9 Å². The van der Waals surface area contributed by atoms with Gasteiger partial charge in [0.25, 0.3) is 0 Å². The molecule has 31 heavy (non-hydrogen) atoms. The fourth-order valence-electron chi connectivity index (χ4n) is 3.14. The number of hydrogen-bond donors (Lipinski definition) is 1. The molecule has 2 aromatic heterocycles. The molecule has 0 radical (unpaired) electrons. The Bertz CT molecular complexity index is 1050. The molecule has 1 aromatic carbocycles. The Kier molecular flexibility index (Phi) is 8.06. The highest BCUT2D eigenvalue weighted by atomic mass is 79.9. The predicted molar refractivity (Wildman–Crippen MR) is 123 cm³/mol. The van der Waals surface area contributed by atoms with Gasteiger partial charge in [0, 0.05) is 22.7 Å². The fourth-order valence-corrected chi connectivity index (χ4v) is 3.48. The number of unbranched alkanes of at least 4 members (excludes halogenated alkanes) is 2. The van der Waals surface area contributed by atoms with Crippen LogP contribution < -0.4 is 10.1 Å². The molecule has 1 N–H and O–H groups in total. The molecular weight excluding hydrogens is 462 g/mol. The quantitative estimate of drug-likeness (QED) is 0.239. The third-order valence-electron chi connectivity index (χ3n) is 4.63. The molecule has 0 bridgehead atoms. The lowest BCUT2D eigenvalue weighted by atomic mass is 10.1. The monoisotopic (exact) mass is 487 g/mol. The van der Waals surface area contributed by atoms with Crippen molar-refractivity contribution >= 4 is 39.3 Å². The topological polar surface area (TPSA) is 81.9 Å². The third kappa shape index (κ3) is 6.07. The number of carbonyl (C=O) groups excluding carboxylic acids is 2. The number of aromatic nitrogens is 2. The van der Waals surface area contributed by atoms with Crippen LogP contribution in [0, 0.1) is 0 Å². The second-order valence-electron chi connectivity index (χ2n) is 7.00. The summed E-state index contributed by atoms with van der Waals surface area (Å²) in [6.45, 7) is 4.21. The van der Waals surface area contributed by atoms with Gasteiger partial charge in [0.05, 0.1) is 6.61 Å². The van der Waals surface area contributed by atoms with Gasteiger partial charge in [-0.1, -0.05) is 19.8 Å². The summed E-state index contributed by atoms with van der Waals surface area (Å²) in [6, 6.07) is 11.0. The maximum absolute atomic E-state index is 12.0. The van der Waals surface area contributed by atoms with Crippen LogP contribution in [0.5, 0.6) is 5.75 Å². The van der Waals surface area contributed by atoms with Crippen LogP contribution in [-0.4, -0.2) is 34.5 Å². The number of anilines is 1. The van der Waals surface area contributed by atoms with Gasteiger partial charge >= 0.3 is 11.9 Å². The average Bonchev–Trinajstić information content (AvgIpc) is 3.11. The summed E-state index contributed by atoms with van der Waals surface area (Å²) in [5.74, 6) is 0.603. The lowest BCUT2D eigenvalue weighted by molar-refractivity contribution is -0.141. The molecule has 7 nitrogen and oxygen atoms in total. The number of pyridine rings is 1. The smallest absolute Gasteiger partial charge is 0.325 e. The van der Waals surface area contributed by atoms with E-state index in [-0.39, 0.29) is 18.5 Å². The number of hydrogen-bond acceptors (Lipinski definition) is 6. The Labute approximate surface area is 189 Å². The van der Waals surface area contributed by atoms with Crippen molar-refractivity contribution in [3.63, 3.8) is 0 Å². The van der Waals surface area contributed by atoms with Crippen LogP contribution in [-0.2, 0) is 14.3 Å². The first kappa shape index (κ1) is 22.8. The van der Waals surface area contributed by atoms with Gasteiger partial charge in [-0.15, -0.1) is 0 Å². The summed E-state index contributed by atoms with van der Waals surface area (Å²) in [5.41, 5.74) is 2.25. The van der Waals surface area contributed by atoms with E-state index in [4.69, 9.17) is 14.5 Å². The second-order valence-corrected chi connectivity index (χ2v) is 7.91. The molecule has 0 fully saturated rings. The van der Waals surface area contributed by atoms with Crippen LogP contribution in [0.3, 0.4) is 0 Å². The molecule has 0 unspecified atom stereocenters. The summed E-state index contributed by atoms with van der Waals surface area (Å²) in [6.07, 6.45) is 5.20. The van der Waals surface area contributed by atoms with Crippen molar-refractivity contribution in [1.29, 1.82) is 0 Å². The summed E-state index contributed by atoms with van der Waals surface area (Å²) in [4.78, 5) is 28.5. The molecule has 0 amide bonds. The second kappa shape index (κ2) is 10.9. The van der Waals surface area contributed by atoms with Gasteiger partial charge in [-0.05, 0) is 65.7 Å². The van der Waals surface area contributed by atoms with Gasteiger partial charge in [-0.25, -0.2) is 4.98 Å². The van der Waals surface area contributed by atoms with Gasteiger partial charge < -0.3 is 14.8 Å². The first-order valence-corrected chi connectivity index (χ1v) is 11.2. The van der Waals surface area contributed by atoms with Gasteiger partial charge in [-0.3, -0.25) is 14.0 Å². The Balaban J connectivity index is 1.83. The van der Waals surface area contributed by atoms with E-state index in [0.29, 0.717) is 30.3 Å². The third-order valence-corrected chi connectivity index (χ3v) is 5.10. The molecular formula is C23H26BrN3O4. The van der Waals surface area contributed by atoms with Crippen molar-refractivity contribution < 1.29 is 19.1 Å². The van der Waals surface area contributed by atoms with Gasteiger partial charge in [0.1, 0.15) is 29.5 Å². The van der Waals surface area contributed by atoms with E-state index in [1.807, 2.05) is 34.9 Å². The summed E-state index contributed by atoms with van der Waals surface area (Å²) in [5, 5.41) is 3.14. The zero-order valence-corrected chi connectivity index (χ0v) is 19.3. The number of fused-ring (bicyclic) bond motifs is 1. The van der Waals surface area contributed by atoms with E-state index in [1.54, 1.807) is 19.1 Å². The standard InChI is InChI=1S/C23H26BrN3O4/c1-3-5-6-7-20(28)31-18-11-8-16(9-12-18)22-23(25-14-21(29)30-4-2)27-15-17(24)10-13-19(27)26-22/h8-13,15,25H,3-7,14H2,1-2H3. The Morgan fingerprint density at radius 1 is 1.06 bits per heavy atom. The maximum atomic E-state index is 12.0. The number of halogens is 1. The number of imidazole rings is 1. The van der Waals surface area contributed by atoms with Crippen molar-refractivity contribution in [1.82, 2.24) is 9.38 Å². The summed E-state index contributed by atoms with van der Waals surface area (Å²) >= 11 is 3.48. The molecule has 2 heterocycles. The van der Waals surface area contributed by atoms with E-state index in [2.05, 4.69) is 28.2 Å². The number of nitrogens with zero attached hydrogens (tertiary/aromatic N) is 2. The van der Waals surface area contributed by atoms with Gasteiger partial charge in [0.15, 0.2) is 0 Å². The van der Waals surface area contributed by atoms with Crippen LogP contribution in [0.2, 0.25) is 0 Å². The molecule has 0 spiro atoms. The molecule has 3 rings (SSSR count). The van der Waals surface area contributed by atoms with E-state index in [9.17, 15) is 9.59 Å². The first-order chi connectivity index (χ1) is 15.0. The molecule has 0 aliphatic carbocycles. The molecule has 0 saturated carbocycles. The van der Waals surface area contributed by atoms with Crippen molar-refractivity contribution in [2.24, 2.45) is 0 Å². The number of ether oxygens (including phenoxy) is 2. The predicted octanol–water partition coefficient (Wildman–Crippen LogP) is 5.22. The molecule has 3 aromatic rings. The van der Waals surface area contributed by atoms with Crippen LogP contribution in [0.15, 0.2) is 47.1 Å². The lowest BCUT2D eigenvalue weighted by Crippen LogP contribution is -2.17. The number of nitrogens with one attached hydrogen (secondary N) is 1. The number of carbonyl (C=O) groups is 2. The SMILES string of the molecule is CCCCCC(=O)Oc1ccc(-c2nc3ccc(Br)cn3c2NCC(=O)OCC)cc1. The minimum absolute atomic E-state index is 0.0224.